The van der Waals surface area contributed by atoms with Gasteiger partial charge in [-0.15, -0.1) is 5.10 Å². The molecule has 1 aromatic heterocycles. The Balaban J connectivity index is 1.67. The number of nitrogens with zero attached hydrogens (tertiary/aromatic N) is 4. The molecule has 2 aliphatic heterocycles. The second kappa shape index (κ2) is 6.37. The summed E-state index contributed by atoms with van der Waals surface area (Å²) < 4.78 is 1.09. The van der Waals surface area contributed by atoms with Gasteiger partial charge in [0.05, 0.1) is 0 Å². The van der Waals surface area contributed by atoms with Gasteiger partial charge in [0.25, 0.3) is 11.8 Å². The summed E-state index contributed by atoms with van der Waals surface area (Å²) in [6.45, 7) is 3.14. The first-order valence-corrected chi connectivity index (χ1v) is 9.26. The summed E-state index contributed by atoms with van der Waals surface area (Å²) in [6, 6.07) is 7.87. The molecule has 27 heavy (non-hydrogen) atoms. The quantitative estimate of drug-likeness (QED) is 0.862. The molecule has 0 saturated carbocycles. The monoisotopic (exact) mass is 369 g/mol. The van der Waals surface area contributed by atoms with Crippen LogP contribution in [0.15, 0.2) is 29.1 Å². The molecule has 2 fully saturated rings. The summed E-state index contributed by atoms with van der Waals surface area (Å²) >= 11 is 0. The van der Waals surface area contributed by atoms with Crippen molar-refractivity contribution in [3.8, 4) is 0 Å². The molecule has 1 atom stereocenters. The van der Waals surface area contributed by atoms with Crippen LogP contribution in [0.4, 0.5) is 5.69 Å². The Bertz CT molecular complexity index is 945. The van der Waals surface area contributed by atoms with E-state index in [1.807, 2.05) is 31.2 Å². The number of hydrogen-bond donors (Lipinski definition) is 1. The molecule has 0 aliphatic carbocycles. The smallest absolute Gasteiger partial charge is 0.321 e. The maximum Gasteiger partial charge on any atom is 0.343 e. The number of piperidine rings is 1. The van der Waals surface area contributed by atoms with Crippen LogP contribution in [-0.2, 0) is 11.8 Å². The molecular formula is C19H23N5O3. The van der Waals surface area contributed by atoms with Crippen LogP contribution >= 0.6 is 0 Å². The fraction of sp³-hybridized carbons (Fsp3) is 0.474. The minimum Gasteiger partial charge on any atom is -0.321 e. The van der Waals surface area contributed by atoms with Crippen LogP contribution in [0.2, 0.25) is 0 Å². The van der Waals surface area contributed by atoms with E-state index in [1.54, 1.807) is 9.80 Å². The van der Waals surface area contributed by atoms with Gasteiger partial charge in [-0.3, -0.25) is 14.6 Å². The molecule has 0 bridgehead atoms. The van der Waals surface area contributed by atoms with Gasteiger partial charge in [0.1, 0.15) is 5.54 Å². The van der Waals surface area contributed by atoms with Crippen molar-refractivity contribution >= 4 is 17.5 Å². The Kier molecular flexibility index (Phi) is 4.13. The van der Waals surface area contributed by atoms with E-state index < -0.39 is 11.2 Å². The van der Waals surface area contributed by atoms with Crippen LogP contribution in [0, 0.1) is 6.92 Å². The molecule has 2 aliphatic rings. The van der Waals surface area contributed by atoms with Gasteiger partial charge in [0.2, 0.25) is 5.82 Å². The van der Waals surface area contributed by atoms with Gasteiger partial charge in [-0.1, -0.05) is 17.7 Å². The van der Waals surface area contributed by atoms with Gasteiger partial charge < -0.3 is 9.80 Å². The van der Waals surface area contributed by atoms with Gasteiger partial charge in [-0.05, 0) is 44.7 Å². The average Bonchev–Trinajstić information content (AvgIpc) is 3.22. The number of H-pyrrole nitrogens is 1. The Morgan fingerprint density at radius 2 is 1.78 bits per heavy atom. The third-order valence-corrected chi connectivity index (χ3v) is 5.67. The number of hydrogen-bond acceptors (Lipinski definition) is 4. The molecule has 8 nitrogen and oxygen atoms in total. The summed E-state index contributed by atoms with van der Waals surface area (Å²) in [5, 5.41) is 3.98. The molecule has 1 N–H and O–H groups in total. The number of amides is 2. The molecule has 1 unspecified atom stereocenters. The first-order chi connectivity index (χ1) is 12.9. The molecule has 4 rings (SSSR count). The predicted molar refractivity (Wildman–Crippen MR) is 99.6 cm³/mol. The van der Waals surface area contributed by atoms with Crippen molar-refractivity contribution in [2.75, 3.05) is 18.0 Å². The van der Waals surface area contributed by atoms with Gasteiger partial charge in [0.15, 0.2) is 0 Å². The van der Waals surface area contributed by atoms with Gasteiger partial charge in [-0.2, -0.15) is 0 Å². The summed E-state index contributed by atoms with van der Waals surface area (Å²) in [5.41, 5.74) is 0.696. The highest BCUT2D eigenvalue weighted by Gasteiger charge is 2.53. The van der Waals surface area contributed by atoms with Crippen molar-refractivity contribution in [1.82, 2.24) is 19.7 Å². The second-order valence-electron chi connectivity index (χ2n) is 7.39. The molecule has 1 spiro atoms. The second-order valence-corrected chi connectivity index (χ2v) is 7.39. The lowest BCUT2D eigenvalue weighted by molar-refractivity contribution is -0.130. The molecule has 2 saturated heterocycles. The van der Waals surface area contributed by atoms with E-state index in [4.69, 9.17) is 0 Å². The van der Waals surface area contributed by atoms with Crippen molar-refractivity contribution in [3.63, 3.8) is 0 Å². The lowest BCUT2D eigenvalue weighted by Crippen LogP contribution is -2.61. The van der Waals surface area contributed by atoms with E-state index in [9.17, 15) is 14.4 Å². The zero-order chi connectivity index (χ0) is 19.2. The molecule has 8 heteroatoms. The molecule has 0 radical (unpaired) electrons. The number of carbonyl (C=O) groups is 2. The van der Waals surface area contributed by atoms with E-state index >= 15 is 0 Å². The number of aryl methyl sites for hydroxylation is 2. The van der Waals surface area contributed by atoms with Crippen molar-refractivity contribution < 1.29 is 9.59 Å². The zero-order valence-electron chi connectivity index (χ0n) is 15.6. The summed E-state index contributed by atoms with van der Waals surface area (Å²) in [5.74, 6) is -0.435. The Morgan fingerprint density at radius 1 is 1.11 bits per heavy atom. The highest BCUT2D eigenvalue weighted by molar-refractivity contribution is 6.05. The first kappa shape index (κ1) is 17.5. The number of aromatic amines is 1. The molecular weight excluding hydrogens is 346 g/mol. The first-order valence-electron chi connectivity index (χ1n) is 9.26. The SMILES string of the molecule is Cc1ccc(N2CCCC3(CCCN3C(=O)c3nn(C)c(=O)[nH]3)C2=O)cc1. The van der Waals surface area contributed by atoms with E-state index in [1.165, 1.54) is 7.05 Å². The maximum atomic E-state index is 13.5. The molecule has 3 heterocycles. The minimum absolute atomic E-state index is 0.0102. The van der Waals surface area contributed by atoms with Crippen LogP contribution in [0.25, 0.3) is 0 Å². The molecule has 142 valence electrons. The van der Waals surface area contributed by atoms with E-state index in [0.29, 0.717) is 25.9 Å². The van der Waals surface area contributed by atoms with Crippen molar-refractivity contribution in [2.45, 2.75) is 38.1 Å². The van der Waals surface area contributed by atoms with Crippen LogP contribution in [0.1, 0.15) is 41.9 Å². The highest BCUT2D eigenvalue weighted by Crippen LogP contribution is 2.40. The Morgan fingerprint density at radius 3 is 2.41 bits per heavy atom. The van der Waals surface area contributed by atoms with Crippen LogP contribution in [0.5, 0.6) is 0 Å². The average molecular weight is 369 g/mol. The largest absolute Gasteiger partial charge is 0.343 e. The van der Waals surface area contributed by atoms with E-state index in [0.717, 1.165) is 28.8 Å². The fourth-order valence-electron chi connectivity index (χ4n) is 4.24. The number of aromatic nitrogens is 3. The zero-order valence-corrected chi connectivity index (χ0v) is 15.6. The standard InChI is InChI=1S/C19H23N5O3/c1-13-5-7-14(8-6-13)23-11-3-9-19(17(23)26)10-4-12-24(19)16(25)15-20-18(27)22(2)21-15/h5-8H,3-4,9-12H2,1-2H3,(H,20,21,27). The van der Waals surface area contributed by atoms with Crippen molar-refractivity contribution in [3.05, 3.63) is 46.1 Å². The topological polar surface area (TPSA) is 91.3 Å². The fourth-order valence-corrected chi connectivity index (χ4v) is 4.24. The third-order valence-electron chi connectivity index (χ3n) is 5.67. The molecule has 1 aromatic carbocycles. The third kappa shape index (κ3) is 2.75. The minimum atomic E-state index is -0.853. The molecule has 2 amide bonds. The highest BCUT2D eigenvalue weighted by atomic mass is 16.2. The predicted octanol–water partition coefficient (Wildman–Crippen LogP) is 1.22. The Hall–Kier alpha value is -2.90. The van der Waals surface area contributed by atoms with Crippen LogP contribution in [0.3, 0.4) is 0 Å². The summed E-state index contributed by atoms with van der Waals surface area (Å²) in [6.07, 6.45) is 2.85. The van der Waals surface area contributed by atoms with Crippen molar-refractivity contribution in [1.29, 1.82) is 0 Å². The number of anilines is 1. The van der Waals surface area contributed by atoms with E-state index in [2.05, 4.69) is 10.1 Å². The lowest BCUT2D eigenvalue weighted by atomic mass is 9.85. The maximum absolute atomic E-state index is 13.5. The molecule has 2 aromatic rings. The summed E-state index contributed by atoms with van der Waals surface area (Å²) in [7, 11) is 1.49. The van der Waals surface area contributed by atoms with Crippen LogP contribution in [-0.4, -0.2) is 50.1 Å². The van der Waals surface area contributed by atoms with Gasteiger partial charge >= 0.3 is 5.69 Å². The number of likely N-dealkylation sites (tertiary alicyclic amines) is 1. The normalized spacial score (nSPS) is 22.7. The summed E-state index contributed by atoms with van der Waals surface area (Å²) in [4.78, 5) is 44.1. The van der Waals surface area contributed by atoms with Gasteiger partial charge in [-0.25, -0.2) is 9.48 Å². The number of carbonyl (C=O) groups excluding carboxylic acids is 2. The Labute approximate surface area is 156 Å². The van der Waals surface area contributed by atoms with E-state index in [-0.39, 0.29) is 17.6 Å². The lowest BCUT2D eigenvalue weighted by Gasteiger charge is -2.44. The number of nitrogens with one attached hydrogen (secondary N) is 1. The number of rotatable bonds is 2. The van der Waals surface area contributed by atoms with Gasteiger partial charge in [0, 0.05) is 25.8 Å². The van der Waals surface area contributed by atoms with Crippen LogP contribution < -0.4 is 10.6 Å². The van der Waals surface area contributed by atoms with Crippen molar-refractivity contribution in [2.24, 2.45) is 7.05 Å². The number of benzene rings is 1.